The van der Waals surface area contributed by atoms with Crippen molar-refractivity contribution in [1.29, 1.82) is 0 Å². The number of hydrogen-bond acceptors (Lipinski definition) is 2. The molecule has 0 aliphatic heterocycles. The van der Waals surface area contributed by atoms with E-state index in [1.54, 1.807) is 0 Å². The maximum Gasteiger partial charge on any atom is 0.135 e. The third kappa shape index (κ3) is 3.47. The monoisotopic (exact) mass is 633 g/mol. The van der Waals surface area contributed by atoms with Crippen LogP contribution in [0.15, 0.2) is 126 Å². The summed E-state index contributed by atoms with van der Waals surface area (Å²) >= 11 is 1.88. The summed E-state index contributed by atoms with van der Waals surface area (Å²) in [5, 5.41) is 6.46. The summed E-state index contributed by atoms with van der Waals surface area (Å²) in [5.74, 6) is 1.02. The molecule has 0 N–H and O–H groups in total. The molecule has 6 aromatic carbocycles. The molecule has 3 heterocycles. The fraction of sp³-hybridized carbons (Fsp3) is 0.111. The van der Waals surface area contributed by atoms with Crippen molar-refractivity contribution >= 4 is 70.4 Å². The number of furan rings is 1. The van der Waals surface area contributed by atoms with Crippen molar-refractivity contribution in [2.75, 3.05) is 0 Å². The smallest absolute Gasteiger partial charge is 0.135 e. The Labute approximate surface area is 282 Å². The first kappa shape index (κ1) is 26.7. The summed E-state index contributed by atoms with van der Waals surface area (Å²) in [6.07, 6.45) is 6.47. The molecular formula is C45H31NOS. The van der Waals surface area contributed by atoms with Gasteiger partial charge in [0.15, 0.2) is 0 Å². The van der Waals surface area contributed by atoms with Crippen molar-refractivity contribution < 1.29 is 4.42 Å². The molecule has 228 valence electrons. The second-order valence-electron chi connectivity index (χ2n) is 14.0. The molecule has 2 aliphatic carbocycles. The highest BCUT2D eigenvalue weighted by Gasteiger charge is 2.36. The van der Waals surface area contributed by atoms with Gasteiger partial charge in [0.1, 0.15) is 11.3 Å². The van der Waals surface area contributed by atoms with Gasteiger partial charge in [0, 0.05) is 53.0 Å². The fourth-order valence-corrected chi connectivity index (χ4v) is 9.95. The van der Waals surface area contributed by atoms with E-state index in [-0.39, 0.29) is 5.41 Å². The van der Waals surface area contributed by atoms with Gasteiger partial charge in [-0.2, -0.15) is 0 Å². The molecule has 0 saturated carbocycles. The van der Waals surface area contributed by atoms with Crippen LogP contribution in [0.25, 0.3) is 87.0 Å². The van der Waals surface area contributed by atoms with Crippen molar-refractivity contribution in [2.45, 2.75) is 32.1 Å². The van der Waals surface area contributed by atoms with E-state index >= 15 is 0 Å². The summed E-state index contributed by atoms with van der Waals surface area (Å²) in [5.41, 5.74) is 14.0. The van der Waals surface area contributed by atoms with Crippen LogP contribution in [-0.4, -0.2) is 4.57 Å². The number of rotatable bonds is 2. The summed E-state index contributed by atoms with van der Waals surface area (Å²) < 4.78 is 11.4. The predicted octanol–water partition coefficient (Wildman–Crippen LogP) is 12.8. The highest BCUT2D eigenvalue weighted by atomic mass is 32.1. The summed E-state index contributed by atoms with van der Waals surface area (Å²) in [6, 6.07) is 43.3. The van der Waals surface area contributed by atoms with Gasteiger partial charge >= 0.3 is 0 Å². The quantitative estimate of drug-likeness (QED) is 0.185. The maximum atomic E-state index is 6.33. The lowest BCUT2D eigenvalue weighted by Crippen LogP contribution is -2.14. The van der Waals surface area contributed by atoms with Crippen LogP contribution < -0.4 is 0 Å². The normalized spacial score (nSPS) is 14.8. The van der Waals surface area contributed by atoms with Crippen LogP contribution in [0.2, 0.25) is 0 Å². The molecule has 11 rings (SSSR count). The minimum absolute atomic E-state index is 0.0537. The Hall–Kier alpha value is -5.38. The van der Waals surface area contributed by atoms with Gasteiger partial charge in [-0.1, -0.05) is 92.7 Å². The Bertz CT molecular complexity index is 2870. The average Bonchev–Trinajstić information content (AvgIpc) is 3.84. The van der Waals surface area contributed by atoms with E-state index in [0.29, 0.717) is 0 Å². The first-order valence-electron chi connectivity index (χ1n) is 16.9. The van der Waals surface area contributed by atoms with Gasteiger partial charge in [-0.25, -0.2) is 0 Å². The van der Waals surface area contributed by atoms with E-state index in [1.165, 1.54) is 92.0 Å². The predicted molar refractivity (Wildman–Crippen MR) is 204 cm³/mol. The van der Waals surface area contributed by atoms with E-state index in [0.717, 1.165) is 24.2 Å². The molecule has 0 bridgehead atoms. The molecular weight excluding hydrogens is 603 g/mol. The second-order valence-corrected chi connectivity index (χ2v) is 15.1. The van der Waals surface area contributed by atoms with E-state index in [9.17, 15) is 0 Å². The van der Waals surface area contributed by atoms with Crippen LogP contribution in [-0.2, 0) is 11.8 Å². The van der Waals surface area contributed by atoms with Crippen molar-refractivity contribution in [3.05, 3.63) is 144 Å². The fourth-order valence-electron chi connectivity index (χ4n) is 8.78. The molecule has 2 aliphatic rings. The number of nitrogens with zero attached hydrogens (tertiary/aromatic N) is 1. The molecule has 0 saturated heterocycles. The minimum atomic E-state index is -0.0537. The minimum Gasteiger partial charge on any atom is -0.456 e. The summed E-state index contributed by atoms with van der Waals surface area (Å²) in [4.78, 5) is 0. The first-order valence-corrected chi connectivity index (χ1v) is 17.7. The largest absolute Gasteiger partial charge is 0.456 e. The average molecular weight is 634 g/mol. The Kier molecular flexibility index (Phi) is 5.20. The van der Waals surface area contributed by atoms with Crippen molar-refractivity contribution in [3.8, 4) is 27.9 Å². The lowest BCUT2D eigenvalue weighted by molar-refractivity contribution is 0.595. The van der Waals surface area contributed by atoms with E-state index < -0.39 is 0 Å². The number of benzene rings is 6. The van der Waals surface area contributed by atoms with Crippen LogP contribution in [0.5, 0.6) is 0 Å². The van der Waals surface area contributed by atoms with E-state index in [4.69, 9.17) is 4.42 Å². The van der Waals surface area contributed by atoms with Gasteiger partial charge in [0.25, 0.3) is 0 Å². The molecule has 0 unspecified atom stereocenters. The lowest BCUT2D eigenvalue weighted by Gasteiger charge is -2.21. The molecule has 3 heteroatoms. The first-order chi connectivity index (χ1) is 23.5. The highest BCUT2D eigenvalue weighted by molar-refractivity contribution is 7.26. The number of thiophene rings is 1. The summed E-state index contributed by atoms with van der Waals surface area (Å²) in [6.45, 7) is 4.73. The molecule has 3 aromatic heterocycles. The van der Waals surface area contributed by atoms with Gasteiger partial charge in [0.2, 0.25) is 0 Å². The van der Waals surface area contributed by atoms with Crippen LogP contribution >= 0.6 is 11.3 Å². The Balaban J connectivity index is 1.11. The Morgan fingerprint density at radius 1 is 0.646 bits per heavy atom. The maximum absolute atomic E-state index is 6.33. The number of fused-ring (bicyclic) bond motifs is 12. The topological polar surface area (TPSA) is 18.1 Å². The zero-order chi connectivity index (χ0) is 31.7. The lowest BCUT2D eigenvalue weighted by atomic mass is 9.82. The standard InChI is InChI=1S/C45H31NOS/c1-45(2)36-14-6-3-10-29(36)34-24-35-30-11-4-7-15-38(30)46(39(35)25-37(34)45)27-19-21-33-43(23-27)48-42-17-9-13-28(44(33)42)26-18-20-32-31-12-5-8-16-40(31)47-41(32)22-26/h3-4,6-11,13-25H,5,12H2,1-2H3. The van der Waals surface area contributed by atoms with E-state index in [1.807, 2.05) is 11.3 Å². The molecule has 0 radical (unpaired) electrons. The number of aryl methyl sites for hydroxylation is 1. The van der Waals surface area contributed by atoms with Gasteiger partial charge in [-0.3, -0.25) is 0 Å². The van der Waals surface area contributed by atoms with Gasteiger partial charge in [-0.15, -0.1) is 11.3 Å². The van der Waals surface area contributed by atoms with Gasteiger partial charge < -0.3 is 8.98 Å². The molecule has 0 amide bonds. The zero-order valence-electron chi connectivity index (χ0n) is 26.8. The number of hydrogen-bond donors (Lipinski definition) is 0. The van der Waals surface area contributed by atoms with Crippen LogP contribution in [0.1, 0.15) is 42.7 Å². The second kappa shape index (κ2) is 9.37. The number of para-hydroxylation sites is 1. The molecule has 9 aromatic rings. The third-order valence-electron chi connectivity index (χ3n) is 11.1. The van der Waals surface area contributed by atoms with Crippen molar-refractivity contribution in [1.82, 2.24) is 4.57 Å². The SMILES string of the molecule is CC1(C)c2ccccc2-c2cc3c4ccccc4n(-c4ccc5c(c4)sc4cccc(-c6ccc7c8c(oc7c6)C=CCC8)c45)c3cc21. The van der Waals surface area contributed by atoms with Crippen molar-refractivity contribution in [2.24, 2.45) is 0 Å². The number of allylic oxidation sites excluding steroid dienone is 1. The van der Waals surface area contributed by atoms with Crippen LogP contribution in [0.3, 0.4) is 0 Å². The molecule has 0 spiro atoms. The van der Waals surface area contributed by atoms with Crippen LogP contribution in [0, 0.1) is 0 Å². The summed E-state index contributed by atoms with van der Waals surface area (Å²) in [7, 11) is 0. The molecule has 0 fully saturated rings. The van der Waals surface area contributed by atoms with E-state index in [2.05, 4.69) is 146 Å². The Morgan fingerprint density at radius 2 is 1.50 bits per heavy atom. The molecule has 0 atom stereocenters. The van der Waals surface area contributed by atoms with Crippen LogP contribution in [0.4, 0.5) is 0 Å². The van der Waals surface area contributed by atoms with Gasteiger partial charge in [-0.05, 0) is 94.8 Å². The zero-order valence-corrected chi connectivity index (χ0v) is 27.6. The number of aromatic nitrogens is 1. The highest BCUT2D eigenvalue weighted by Crippen LogP contribution is 2.51. The Morgan fingerprint density at radius 3 is 2.46 bits per heavy atom. The van der Waals surface area contributed by atoms with Gasteiger partial charge in [0.05, 0.1) is 11.0 Å². The third-order valence-corrected chi connectivity index (χ3v) is 12.2. The molecule has 48 heavy (non-hydrogen) atoms. The van der Waals surface area contributed by atoms with Crippen molar-refractivity contribution in [3.63, 3.8) is 0 Å². The molecule has 2 nitrogen and oxygen atoms in total.